The van der Waals surface area contributed by atoms with E-state index in [1.54, 1.807) is 35.2 Å². The number of nitrogens with two attached hydrogens (primary N) is 1. The van der Waals surface area contributed by atoms with Crippen LogP contribution < -0.4 is 11.1 Å². The minimum atomic E-state index is -0.225. The molecule has 1 atom stereocenters. The fourth-order valence-corrected chi connectivity index (χ4v) is 2.90. The number of carbonyl (C=O) groups excluding carboxylic acids is 2. The van der Waals surface area contributed by atoms with E-state index in [2.05, 4.69) is 5.32 Å². The summed E-state index contributed by atoms with van der Waals surface area (Å²) in [7, 11) is 0. The van der Waals surface area contributed by atoms with Gasteiger partial charge in [0.2, 0.25) is 0 Å². The number of aryl methyl sites for hydroxylation is 1. The highest BCUT2D eigenvalue weighted by Gasteiger charge is 2.26. The number of nitrogens with one attached hydrogen (secondary N) is 1. The summed E-state index contributed by atoms with van der Waals surface area (Å²) >= 11 is 0. The molecule has 0 aromatic heterocycles. The summed E-state index contributed by atoms with van der Waals surface area (Å²) in [4.78, 5) is 26.9. The van der Waals surface area contributed by atoms with Gasteiger partial charge in [0.25, 0.3) is 11.8 Å². The highest BCUT2D eigenvalue weighted by Crippen LogP contribution is 2.21. The van der Waals surface area contributed by atoms with Gasteiger partial charge in [0.15, 0.2) is 0 Å². The van der Waals surface area contributed by atoms with Gasteiger partial charge < -0.3 is 16.0 Å². The molecule has 1 aliphatic rings. The molecule has 0 unspecified atom stereocenters. The van der Waals surface area contributed by atoms with Crippen LogP contribution in [0.15, 0.2) is 48.5 Å². The number of likely N-dealkylation sites (tertiary alicyclic amines) is 1. The Kier molecular flexibility index (Phi) is 6.17. The number of benzene rings is 2. The van der Waals surface area contributed by atoms with E-state index in [0.717, 1.165) is 12.0 Å². The Morgan fingerprint density at radius 3 is 2.60 bits per heavy atom. The van der Waals surface area contributed by atoms with Crippen LogP contribution in [0.1, 0.15) is 32.7 Å². The number of nitrogens with zero attached hydrogens (tertiary/aromatic N) is 1. The van der Waals surface area contributed by atoms with Crippen molar-refractivity contribution in [2.45, 2.75) is 19.4 Å². The lowest BCUT2D eigenvalue weighted by Crippen LogP contribution is -2.32. The van der Waals surface area contributed by atoms with Gasteiger partial charge in [0, 0.05) is 24.7 Å². The molecule has 1 fully saturated rings. The van der Waals surface area contributed by atoms with E-state index < -0.39 is 0 Å². The molecule has 6 heteroatoms. The Bertz CT molecular complexity index is 779. The van der Waals surface area contributed by atoms with Crippen LogP contribution in [-0.2, 0) is 0 Å². The molecule has 132 valence electrons. The first-order valence-electron chi connectivity index (χ1n) is 8.06. The number of anilines is 1. The normalized spacial score (nSPS) is 16.2. The van der Waals surface area contributed by atoms with E-state index in [0.29, 0.717) is 29.9 Å². The molecule has 2 amide bonds. The van der Waals surface area contributed by atoms with Gasteiger partial charge in [0.1, 0.15) is 0 Å². The van der Waals surface area contributed by atoms with Crippen LogP contribution in [0, 0.1) is 6.92 Å². The van der Waals surface area contributed by atoms with E-state index in [-0.39, 0.29) is 30.3 Å². The van der Waals surface area contributed by atoms with Crippen LogP contribution in [0.4, 0.5) is 5.69 Å². The first-order chi connectivity index (χ1) is 11.5. The lowest BCUT2D eigenvalue weighted by atomic mass is 10.1. The molecule has 0 spiro atoms. The molecule has 1 saturated heterocycles. The monoisotopic (exact) mass is 359 g/mol. The number of hydrogen-bond donors (Lipinski definition) is 2. The van der Waals surface area contributed by atoms with Crippen molar-refractivity contribution in [3.8, 4) is 0 Å². The SMILES string of the molecule is Cc1cccc(C(=O)Nc2ccccc2C(=O)N2CC[C@@H](N)C2)c1.Cl. The van der Waals surface area contributed by atoms with Crippen molar-refractivity contribution >= 4 is 29.9 Å². The number of hydrogen-bond acceptors (Lipinski definition) is 3. The average Bonchev–Trinajstić information content (AvgIpc) is 3.01. The molecule has 25 heavy (non-hydrogen) atoms. The van der Waals surface area contributed by atoms with Gasteiger partial charge in [-0.25, -0.2) is 0 Å². The highest BCUT2D eigenvalue weighted by atomic mass is 35.5. The first kappa shape index (κ1) is 19.0. The van der Waals surface area contributed by atoms with Gasteiger partial charge in [-0.05, 0) is 37.6 Å². The summed E-state index contributed by atoms with van der Waals surface area (Å²) in [6.45, 7) is 3.14. The van der Waals surface area contributed by atoms with Crippen molar-refractivity contribution in [1.82, 2.24) is 4.90 Å². The smallest absolute Gasteiger partial charge is 0.256 e. The summed E-state index contributed by atoms with van der Waals surface area (Å²) < 4.78 is 0. The fourth-order valence-electron chi connectivity index (χ4n) is 2.90. The molecule has 2 aromatic carbocycles. The molecule has 0 bridgehead atoms. The van der Waals surface area contributed by atoms with Crippen molar-refractivity contribution in [2.75, 3.05) is 18.4 Å². The minimum Gasteiger partial charge on any atom is -0.337 e. The second-order valence-corrected chi connectivity index (χ2v) is 6.17. The zero-order valence-electron chi connectivity index (χ0n) is 14.1. The Labute approximate surface area is 153 Å². The number of carbonyl (C=O) groups is 2. The standard InChI is InChI=1S/C19H21N3O2.ClH/c1-13-5-4-6-14(11-13)18(23)21-17-8-3-2-7-16(17)19(24)22-10-9-15(20)12-22;/h2-8,11,15H,9-10,12,20H2,1H3,(H,21,23);1H/t15-;/m1./s1. The van der Waals surface area contributed by atoms with E-state index >= 15 is 0 Å². The summed E-state index contributed by atoms with van der Waals surface area (Å²) in [5, 5.41) is 2.85. The van der Waals surface area contributed by atoms with Crippen LogP contribution in [0.2, 0.25) is 0 Å². The summed E-state index contributed by atoms with van der Waals surface area (Å²) in [5.41, 5.74) is 8.48. The number of para-hydroxylation sites is 1. The molecular weight excluding hydrogens is 338 g/mol. The third-order valence-corrected chi connectivity index (χ3v) is 4.20. The van der Waals surface area contributed by atoms with Gasteiger partial charge in [-0.15, -0.1) is 12.4 Å². The summed E-state index contributed by atoms with van der Waals surface area (Å²) in [6.07, 6.45) is 0.809. The Morgan fingerprint density at radius 2 is 1.92 bits per heavy atom. The highest BCUT2D eigenvalue weighted by molar-refractivity contribution is 6.09. The number of halogens is 1. The zero-order chi connectivity index (χ0) is 17.1. The number of amides is 2. The largest absolute Gasteiger partial charge is 0.337 e. The van der Waals surface area contributed by atoms with Crippen molar-refractivity contribution in [3.05, 3.63) is 65.2 Å². The van der Waals surface area contributed by atoms with Crippen LogP contribution in [0.5, 0.6) is 0 Å². The van der Waals surface area contributed by atoms with E-state index in [4.69, 9.17) is 5.73 Å². The second-order valence-electron chi connectivity index (χ2n) is 6.17. The fraction of sp³-hybridized carbons (Fsp3) is 0.263. The molecule has 1 heterocycles. The van der Waals surface area contributed by atoms with Gasteiger partial charge in [-0.2, -0.15) is 0 Å². The first-order valence-corrected chi connectivity index (χ1v) is 8.06. The lowest BCUT2D eigenvalue weighted by molar-refractivity contribution is 0.0792. The van der Waals surface area contributed by atoms with Gasteiger partial charge >= 0.3 is 0 Å². The predicted molar refractivity (Wildman–Crippen MR) is 101 cm³/mol. The maximum absolute atomic E-state index is 12.7. The van der Waals surface area contributed by atoms with E-state index in [1.807, 2.05) is 25.1 Å². The molecule has 3 rings (SSSR count). The molecular formula is C19H22ClN3O2. The molecule has 0 saturated carbocycles. The molecule has 0 aliphatic carbocycles. The van der Waals surface area contributed by atoms with Crippen LogP contribution >= 0.6 is 12.4 Å². The Morgan fingerprint density at radius 1 is 1.16 bits per heavy atom. The van der Waals surface area contributed by atoms with Gasteiger partial charge in [0.05, 0.1) is 11.3 Å². The van der Waals surface area contributed by atoms with Crippen LogP contribution in [0.25, 0.3) is 0 Å². The Hall–Kier alpha value is -2.37. The second kappa shape index (κ2) is 8.14. The Balaban J connectivity index is 0.00000225. The molecule has 3 N–H and O–H groups in total. The van der Waals surface area contributed by atoms with Crippen LogP contribution in [0.3, 0.4) is 0 Å². The topological polar surface area (TPSA) is 75.4 Å². The summed E-state index contributed by atoms with van der Waals surface area (Å²) in [5.74, 6) is -0.319. The van der Waals surface area contributed by atoms with Crippen molar-refractivity contribution in [1.29, 1.82) is 0 Å². The minimum absolute atomic E-state index is 0. The number of rotatable bonds is 3. The maximum Gasteiger partial charge on any atom is 0.256 e. The van der Waals surface area contributed by atoms with Gasteiger partial charge in [-0.1, -0.05) is 29.8 Å². The van der Waals surface area contributed by atoms with E-state index in [1.165, 1.54) is 0 Å². The quantitative estimate of drug-likeness (QED) is 0.884. The molecule has 1 aliphatic heterocycles. The molecule has 5 nitrogen and oxygen atoms in total. The van der Waals surface area contributed by atoms with Crippen molar-refractivity contribution in [2.24, 2.45) is 5.73 Å². The summed E-state index contributed by atoms with van der Waals surface area (Å²) in [6, 6.07) is 14.5. The maximum atomic E-state index is 12.7. The third kappa shape index (κ3) is 4.38. The van der Waals surface area contributed by atoms with Crippen molar-refractivity contribution < 1.29 is 9.59 Å². The lowest BCUT2D eigenvalue weighted by Gasteiger charge is -2.18. The molecule has 2 aromatic rings. The molecule has 0 radical (unpaired) electrons. The van der Waals surface area contributed by atoms with Crippen LogP contribution in [-0.4, -0.2) is 35.8 Å². The third-order valence-electron chi connectivity index (χ3n) is 4.20. The van der Waals surface area contributed by atoms with Gasteiger partial charge in [-0.3, -0.25) is 9.59 Å². The zero-order valence-corrected chi connectivity index (χ0v) is 14.9. The average molecular weight is 360 g/mol. The predicted octanol–water partition coefficient (Wildman–Crippen LogP) is 2.84. The van der Waals surface area contributed by atoms with Crippen molar-refractivity contribution in [3.63, 3.8) is 0 Å². The van der Waals surface area contributed by atoms with E-state index in [9.17, 15) is 9.59 Å².